The highest BCUT2D eigenvalue weighted by Crippen LogP contribution is 2.19. The minimum absolute atomic E-state index is 0.530. The summed E-state index contributed by atoms with van der Waals surface area (Å²) in [4.78, 5) is 14.5. The van der Waals surface area contributed by atoms with Crippen molar-refractivity contribution < 1.29 is 14.6 Å². The first-order valence-electron chi connectivity index (χ1n) is 6.27. The number of carboxylic acid groups (broad SMARTS) is 1. The fourth-order valence-corrected chi connectivity index (χ4v) is 1.74. The first kappa shape index (κ1) is 13.8. The van der Waals surface area contributed by atoms with Crippen LogP contribution in [0.2, 0.25) is 0 Å². The van der Waals surface area contributed by atoms with Crippen molar-refractivity contribution in [3.05, 3.63) is 66.0 Å². The van der Waals surface area contributed by atoms with Gasteiger partial charge in [0.05, 0.1) is 6.61 Å². The summed E-state index contributed by atoms with van der Waals surface area (Å²) in [6.45, 7) is 0.530. The molecule has 0 saturated carbocycles. The van der Waals surface area contributed by atoms with Gasteiger partial charge >= 0.3 is 5.97 Å². The molecule has 0 amide bonds. The van der Waals surface area contributed by atoms with Crippen molar-refractivity contribution in [2.24, 2.45) is 0 Å². The van der Waals surface area contributed by atoms with Crippen LogP contribution in [0.1, 0.15) is 11.1 Å². The molecule has 1 aromatic heterocycles. The van der Waals surface area contributed by atoms with Crippen LogP contribution in [-0.2, 0) is 11.2 Å². The smallest absolute Gasteiger partial charge is 0.328 e. The quantitative estimate of drug-likeness (QED) is 0.819. The zero-order chi connectivity index (χ0) is 14.2. The second-order valence-electron chi connectivity index (χ2n) is 4.16. The molecule has 102 valence electrons. The maximum absolute atomic E-state index is 10.5. The van der Waals surface area contributed by atoms with Crippen LogP contribution >= 0.6 is 0 Å². The number of aromatic nitrogens is 1. The van der Waals surface area contributed by atoms with Gasteiger partial charge in [0.25, 0.3) is 0 Å². The molecular formula is C16H15NO3. The van der Waals surface area contributed by atoms with Crippen molar-refractivity contribution in [2.75, 3.05) is 6.61 Å². The number of hydrogen-bond donors (Lipinski definition) is 1. The second kappa shape index (κ2) is 7.09. The predicted octanol–water partition coefficient (Wildman–Crippen LogP) is 2.80. The molecule has 0 fully saturated rings. The number of pyridine rings is 1. The van der Waals surface area contributed by atoms with E-state index in [4.69, 9.17) is 9.84 Å². The van der Waals surface area contributed by atoms with E-state index in [1.54, 1.807) is 12.4 Å². The van der Waals surface area contributed by atoms with Gasteiger partial charge in [0.15, 0.2) is 0 Å². The van der Waals surface area contributed by atoms with Gasteiger partial charge in [-0.2, -0.15) is 0 Å². The molecule has 0 radical (unpaired) electrons. The number of carbonyl (C=O) groups is 1. The number of benzene rings is 1. The third kappa shape index (κ3) is 4.24. The predicted molar refractivity (Wildman–Crippen MR) is 76.5 cm³/mol. The molecule has 2 aromatic rings. The van der Waals surface area contributed by atoms with Gasteiger partial charge in [-0.25, -0.2) is 4.79 Å². The van der Waals surface area contributed by atoms with E-state index in [9.17, 15) is 4.79 Å². The average Bonchev–Trinajstić information content (AvgIpc) is 2.47. The highest BCUT2D eigenvalue weighted by Gasteiger charge is 2.01. The summed E-state index contributed by atoms with van der Waals surface area (Å²) in [5, 5.41) is 8.66. The lowest BCUT2D eigenvalue weighted by atomic mass is 10.2. The van der Waals surface area contributed by atoms with Crippen LogP contribution in [0.15, 0.2) is 54.9 Å². The molecule has 0 unspecified atom stereocenters. The molecule has 4 heteroatoms. The summed E-state index contributed by atoms with van der Waals surface area (Å²) in [5.41, 5.74) is 1.91. The van der Waals surface area contributed by atoms with Gasteiger partial charge in [-0.3, -0.25) is 4.98 Å². The fraction of sp³-hybridized carbons (Fsp3) is 0.125. The van der Waals surface area contributed by atoms with Crippen molar-refractivity contribution in [1.29, 1.82) is 0 Å². The van der Waals surface area contributed by atoms with Crippen LogP contribution in [0.25, 0.3) is 6.08 Å². The summed E-state index contributed by atoms with van der Waals surface area (Å²) in [7, 11) is 0. The Morgan fingerprint density at radius 2 is 1.95 bits per heavy atom. The normalized spacial score (nSPS) is 10.6. The molecule has 0 aliphatic heterocycles. The number of ether oxygens (including phenoxy) is 1. The first-order valence-corrected chi connectivity index (χ1v) is 6.27. The number of carboxylic acids is 1. The van der Waals surface area contributed by atoms with Gasteiger partial charge in [0.1, 0.15) is 5.75 Å². The van der Waals surface area contributed by atoms with E-state index in [1.807, 2.05) is 36.4 Å². The topological polar surface area (TPSA) is 59.4 Å². The summed E-state index contributed by atoms with van der Waals surface area (Å²) in [5.74, 6) is -0.296. The van der Waals surface area contributed by atoms with E-state index >= 15 is 0 Å². The van der Waals surface area contributed by atoms with Gasteiger partial charge in [-0.05, 0) is 29.8 Å². The Balaban J connectivity index is 1.97. The Bertz CT molecular complexity index is 594. The zero-order valence-corrected chi connectivity index (χ0v) is 10.9. The second-order valence-corrected chi connectivity index (χ2v) is 4.16. The highest BCUT2D eigenvalue weighted by atomic mass is 16.5. The van der Waals surface area contributed by atoms with Gasteiger partial charge in [-0.1, -0.05) is 18.2 Å². The molecular weight excluding hydrogens is 254 g/mol. The van der Waals surface area contributed by atoms with Crippen LogP contribution in [0.5, 0.6) is 5.75 Å². The van der Waals surface area contributed by atoms with Gasteiger partial charge in [0, 0.05) is 30.5 Å². The van der Waals surface area contributed by atoms with E-state index in [0.717, 1.165) is 23.6 Å². The Labute approximate surface area is 117 Å². The van der Waals surface area contributed by atoms with Crippen LogP contribution in [-0.4, -0.2) is 22.7 Å². The van der Waals surface area contributed by atoms with Crippen molar-refractivity contribution in [2.45, 2.75) is 6.42 Å². The standard InChI is InChI=1S/C16H15NO3/c18-16(19)6-5-14-3-1-2-4-15(14)20-12-9-13-7-10-17-11-8-13/h1-8,10-11H,9,12H2,(H,18,19)/b6-5+. The van der Waals surface area contributed by atoms with Gasteiger partial charge in [0.2, 0.25) is 0 Å². The molecule has 20 heavy (non-hydrogen) atoms. The SMILES string of the molecule is O=C(O)/C=C/c1ccccc1OCCc1ccncc1. The molecule has 1 N–H and O–H groups in total. The lowest BCUT2D eigenvalue weighted by Gasteiger charge is -2.09. The van der Waals surface area contributed by atoms with E-state index in [1.165, 1.54) is 6.08 Å². The van der Waals surface area contributed by atoms with Crippen LogP contribution in [0, 0.1) is 0 Å². The van der Waals surface area contributed by atoms with Crippen molar-refractivity contribution in [1.82, 2.24) is 4.98 Å². The maximum atomic E-state index is 10.5. The number of nitrogens with zero attached hydrogens (tertiary/aromatic N) is 1. The minimum Gasteiger partial charge on any atom is -0.493 e. The number of aliphatic carboxylic acids is 1. The van der Waals surface area contributed by atoms with Gasteiger partial charge in [-0.15, -0.1) is 0 Å². The van der Waals surface area contributed by atoms with Crippen LogP contribution < -0.4 is 4.74 Å². The highest BCUT2D eigenvalue weighted by molar-refractivity contribution is 5.85. The molecule has 0 spiro atoms. The third-order valence-electron chi connectivity index (χ3n) is 2.72. The van der Waals surface area contributed by atoms with E-state index in [2.05, 4.69) is 4.98 Å². The molecule has 2 rings (SSSR count). The molecule has 4 nitrogen and oxygen atoms in total. The lowest BCUT2D eigenvalue weighted by molar-refractivity contribution is -0.131. The molecule has 0 saturated heterocycles. The molecule has 0 atom stereocenters. The Morgan fingerprint density at radius 1 is 1.20 bits per heavy atom. The third-order valence-corrected chi connectivity index (χ3v) is 2.72. The van der Waals surface area contributed by atoms with E-state index in [-0.39, 0.29) is 0 Å². The summed E-state index contributed by atoms with van der Waals surface area (Å²) >= 11 is 0. The van der Waals surface area contributed by atoms with Crippen LogP contribution in [0.4, 0.5) is 0 Å². The summed E-state index contributed by atoms with van der Waals surface area (Å²) in [6.07, 6.45) is 6.91. The molecule has 1 heterocycles. The number of rotatable bonds is 6. The van der Waals surface area contributed by atoms with Gasteiger partial charge < -0.3 is 9.84 Å². The van der Waals surface area contributed by atoms with Crippen molar-refractivity contribution in [3.63, 3.8) is 0 Å². The molecule has 1 aromatic carbocycles. The summed E-state index contributed by atoms with van der Waals surface area (Å²) < 4.78 is 5.71. The lowest BCUT2D eigenvalue weighted by Crippen LogP contribution is -2.02. The molecule has 0 bridgehead atoms. The molecule has 0 aliphatic carbocycles. The minimum atomic E-state index is -0.975. The average molecular weight is 269 g/mol. The zero-order valence-electron chi connectivity index (χ0n) is 10.9. The van der Waals surface area contributed by atoms with Crippen molar-refractivity contribution >= 4 is 12.0 Å². The Hall–Kier alpha value is -2.62. The summed E-state index contributed by atoms with van der Waals surface area (Å²) in [6, 6.07) is 11.2. The number of para-hydroxylation sites is 1. The Morgan fingerprint density at radius 3 is 2.70 bits per heavy atom. The maximum Gasteiger partial charge on any atom is 0.328 e. The largest absolute Gasteiger partial charge is 0.493 e. The Kier molecular flexibility index (Phi) is 4.89. The first-order chi connectivity index (χ1) is 9.75. The van der Waals surface area contributed by atoms with E-state index in [0.29, 0.717) is 12.4 Å². The van der Waals surface area contributed by atoms with E-state index < -0.39 is 5.97 Å². The van der Waals surface area contributed by atoms with Crippen molar-refractivity contribution in [3.8, 4) is 5.75 Å². The number of hydrogen-bond acceptors (Lipinski definition) is 3. The fourth-order valence-electron chi connectivity index (χ4n) is 1.74. The monoisotopic (exact) mass is 269 g/mol. The molecule has 0 aliphatic rings. The van der Waals surface area contributed by atoms with Crippen LogP contribution in [0.3, 0.4) is 0 Å².